The van der Waals surface area contributed by atoms with Gasteiger partial charge in [-0.2, -0.15) is 0 Å². The van der Waals surface area contributed by atoms with Gasteiger partial charge in [-0.1, -0.05) is 0 Å². The Morgan fingerprint density at radius 2 is 1.65 bits per heavy atom. The maximum atomic E-state index is 11.4. The lowest BCUT2D eigenvalue weighted by atomic mass is 10.3. The Bertz CT molecular complexity index is 402. The zero-order chi connectivity index (χ0) is 13.5. The zero-order valence-electron chi connectivity index (χ0n) is 10.2. The van der Waals surface area contributed by atoms with Gasteiger partial charge in [0.1, 0.15) is 0 Å². The van der Waals surface area contributed by atoms with E-state index >= 15 is 0 Å². The first kappa shape index (κ1) is 16.8. The van der Waals surface area contributed by atoms with Crippen molar-refractivity contribution in [1.82, 2.24) is 9.03 Å². The van der Waals surface area contributed by atoms with Crippen LogP contribution < -0.4 is 10.5 Å². The Morgan fingerprint density at radius 1 is 1.06 bits per heavy atom. The summed E-state index contributed by atoms with van der Waals surface area (Å²) in [6, 6.07) is 0. The minimum absolute atomic E-state index is 0.0216. The van der Waals surface area contributed by atoms with Gasteiger partial charge in [0.05, 0.1) is 11.5 Å². The summed E-state index contributed by atoms with van der Waals surface area (Å²) < 4.78 is 48.8. The molecule has 0 rings (SSSR count). The molecule has 0 fully saturated rings. The zero-order valence-corrected chi connectivity index (χ0v) is 11.8. The van der Waals surface area contributed by atoms with Crippen LogP contribution in [0.1, 0.15) is 12.8 Å². The van der Waals surface area contributed by atoms with Gasteiger partial charge in [-0.15, -0.1) is 0 Å². The predicted molar refractivity (Wildman–Crippen MR) is 67.6 cm³/mol. The molecule has 0 aromatic carbocycles. The van der Waals surface area contributed by atoms with Crippen LogP contribution in [-0.4, -0.2) is 59.8 Å². The molecule has 7 nitrogen and oxygen atoms in total. The number of sulfonamides is 2. The molecular formula is C8H21N3O4S2. The molecular weight excluding hydrogens is 266 g/mol. The summed E-state index contributed by atoms with van der Waals surface area (Å²) in [5.74, 6) is -0.262. The molecule has 0 spiro atoms. The average molecular weight is 287 g/mol. The third-order valence-electron chi connectivity index (χ3n) is 2.11. The fraction of sp³-hybridized carbons (Fsp3) is 1.00. The van der Waals surface area contributed by atoms with Gasteiger partial charge in [-0.3, -0.25) is 0 Å². The highest BCUT2D eigenvalue weighted by molar-refractivity contribution is 7.90. The number of nitrogens with zero attached hydrogens (tertiary/aromatic N) is 1. The van der Waals surface area contributed by atoms with Gasteiger partial charge in [0.25, 0.3) is 0 Å². The van der Waals surface area contributed by atoms with Crippen LogP contribution in [0.5, 0.6) is 0 Å². The van der Waals surface area contributed by atoms with Gasteiger partial charge in [0.2, 0.25) is 20.0 Å². The minimum atomic E-state index is -3.39. The molecule has 0 amide bonds. The normalized spacial score (nSPS) is 13.2. The van der Waals surface area contributed by atoms with Gasteiger partial charge in [-0.05, 0) is 19.4 Å². The van der Waals surface area contributed by atoms with Crippen molar-refractivity contribution in [3.05, 3.63) is 0 Å². The van der Waals surface area contributed by atoms with Gasteiger partial charge in [0, 0.05) is 20.6 Å². The molecule has 0 aliphatic heterocycles. The molecule has 0 saturated carbocycles. The number of hydrogen-bond donors (Lipinski definition) is 2. The summed E-state index contributed by atoms with van der Waals surface area (Å²) in [6.45, 7) is 0.343. The summed E-state index contributed by atoms with van der Waals surface area (Å²) in [7, 11) is -3.93. The van der Waals surface area contributed by atoms with E-state index in [1.54, 1.807) is 0 Å². The van der Waals surface area contributed by atoms with Crippen LogP contribution in [-0.2, 0) is 20.0 Å². The summed E-state index contributed by atoms with van der Waals surface area (Å²) in [5.41, 5.74) is 5.25. The molecule has 0 aliphatic rings. The van der Waals surface area contributed by atoms with Crippen LogP contribution in [0, 0.1) is 0 Å². The van der Waals surface area contributed by atoms with E-state index in [4.69, 9.17) is 5.73 Å². The fourth-order valence-corrected chi connectivity index (χ4v) is 3.01. The Hall–Kier alpha value is -0.220. The second-order valence-electron chi connectivity index (χ2n) is 3.81. The number of nitrogens with one attached hydrogen (secondary N) is 1. The SMILES string of the molecule is CN(C)S(=O)(=O)CCNS(=O)(=O)CCCCN. The van der Waals surface area contributed by atoms with E-state index in [9.17, 15) is 16.8 Å². The lowest BCUT2D eigenvalue weighted by Crippen LogP contribution is -2.35. The molecule has 0 unspecified atom stereocenters. The Labute approximate surface area is 103 Å². The average Bonchev–Trinajstić information content (AvgIpc) is 2.16. The van der Waals surface area contributed by atoms with Crippen LogP contribution in [0.2, 0.25) is 0 Å². The van der Waals surface area contributed by atoms with Crippen molar-refractivity contribution >= 4 is 20.0 Å². The quantitative estimate of drug-likeness (QED) is 0.503. The third-order valence-corrected chi connectivity index (χ3v) is 5.41. The monoisotopic (exact) mass is 287 g/mol. The minimum Gasteiger partial charge on any atom is -0.330 e. The molecule has 9 heteroatoms. The van der Waals surface area contributed by atoms with E-state index in [-0.39, 0.29) is 18.1 Å². The van der Waals surface area contributed by atoms with E-state index in [1.165, 1.54) is 14.1 Å². The second kappa shape index (κ2) is 7.27. The van der Waals surface area contributed by atoms with E-state index in [0.29, 0.717) is 19.4 Å². The van der Waals surface area contributed by atoms with Gasteiger partial charge in [-0.25, -0.2) is 25.9 Å². The van der Waals surface area contributed by atoms with Crippen molar-refractivity contribution in [2.24, 2.45) is 5.73 Å². The van der Waals surface area contributed by atoms with Crippen molar-refractivity contribution in [2.75, 3.05) is 38.7 Å². The van der Waals surface area contributed by atoms with Crippen LogP contribution >= 0.6 is 0 Å². The highest BCUT2D eigenvalue weighted by Gasteiger charge is 2.15. The van der Waals surface area contributed by atoms with Crippen molar-refractivity contribution in [2.45, 2.75) is 12.8 Å². The van der Waals surface area contributed by atoms with E-state index in [0.717, 1.165) is 4.31 Å². The molecule has 0 aromatic heterocycles. The summed E-state index contributed by atoms with van der Waals surface area (Å²) >= 11 is 0. The molecule has 0 radical (unpaired) electrons. The molecule has 0 heterocycles. The number of hydrogen-bond acceptors (Lipinski definition) is 5. The molecule has 17 heavy (non-hydrogen) atoms. The largest absolute Gasteiger partial charge is 0.330 e. The third kappa shape index (κ3) is 7.66. The highest BCUT2D eigenvalue weighted by atomic mass is 32.2. The molecule has 0 bridgehead atoms. The first-order chi connectivity index (χ1) is 7.71. The topological polar surface area (TPSA) is 110 Å². The van der Waals surface area contributed by atoms with Crippen LogP contribution in [0.3, 0.4) is 0 Å². The van der Waals surface area contributed by atoms with Crippen molar-refractivity contribution in [3.8, 4) is 0 Å². The maximum absolute atomic E-state index is 11.4. The second-order valence-corrected chi connectivity index (χ2v) is 8.04. The van der Waals surface area contributed by atoms with Crippen molar-refractivity contribution < 1.29 is 16.8 Å². The van der Waals surface area contributed by atoms with Gasteiger partial charge < -0.3 is 5.73 Å². The first-order valence-electron chi connectivity index (χ1n) is 5.29. The molecule has 0 atom stereocenters. The smallest absolute Gasteiger partial charge is 0.214 e. The number of nitrogens with two attached hydrogens (primary N) is 1. The Balaban J connectivity index is 4.04. The number of unbranched alkanes of at least 4 members (excludes halogenated alkanes) is 1. The molecule has 0 saturated heterocycles. The highest BCUT2D eigenvalue weighted by Crippen LogP contribution is 1.95. The van der Waals surface area contributed by atoms with Crippen LogP contribution in [0.15, 0.2) is 0 Å². The maximum Gasteiger partial charge on any atom is 0.214 e. The summed E-state index contributed by atoms with van der Waals surface area (Å²) in [4.78, 5) is 0. The van der Waals surface area contributed by atoms with E-state index in [1.807, 2.05) is 0 Å². The molecule has 0 aromatic rings. The van der Waals surface area contributed by atoms with Crippen molar-refractivity contribution in [3.63, 3.8) is 0 Å². The lowest BCUT2D eigenvalue weighted by molar-refractivity contribution is 0.519. The standard InChI is InChI=1S/C8H21N3O4S2/c1-11(2)17(14,15)8-6-10-16(12,13)7-4-3-5-9/h10H,3-9H2,1-2H3. The Morgan fingerprint density at radius 3 is 2.12 bits per heavy atom. The molecule has 0 aliphatic carbocycles. The predicted octanol–water partition coefficient (Wildman–Crippen LogP) is -1.46. The lowest BCUT2D eigenvalue weighted by Gasteiger charge is -2.11. The van der Waals surface area contributed by atoms with Gasteiger partial charge >= 0.3 is 0 Å². The van der Waals surface area contributed by atoms with E-state index in [2.05, 4.69) is 4.72 Å². The summed E-state index contributed by atoms with van der Waals surface area (Å²) in [6.07, 6.45) is 1.11. The van der Waals surface area contributed by atoms with Crippen LogP contribution in [0.4, 0.5) is 0 Å². The number of rotatable bonds is 9. The molecule has 3 N–H and O–H groups in total. The van der Waals surface area contributed by atoms with Crippen molar-refractivity contribution in [1.29, 1.82) is 0 Å². The fourth-order valence-electron chi connectivity index (χ4n) is 1.02. The first-order valence-corrected chi connectivity index (χ1v) is 8.55. The van der Waals surface area contributed by atoms with Crippen LogP contribution in [0.25, 0.3) is 0 Å². The van der Waals surface area contributed by atoms with E-state index < -0.39 is 20.0 Å². The molecule has 104 valence electrons. The van der Waals surface area contributed by atoms with Gasteiger partial charge in [0.15, 0.2) is 0 Å². The Kier molecular flexibility index (Phi) is 7.17. The summed E-state index contributed by atoms with van der Waals surface area (Å²) in [5, 5.41) is 0.